The number of benzene rings is 2. The van der Waals surface area contributed by atoms with Crippen LogP contribution in [-0.4, -0.2) is 16.1 Å². The van der Waals surface area contributed by atoms with Crippen molar-refractivity contribution >= 4 is 23.2 Å². The highest BCUT2D eigenvalue weighted by Gasteiger charge is 2.33. The summed E-state index contributed by atoms with van der Waals surface area (Å²) < 4.78 is 38.6. The van der Waals surface area contributed by atoms with Crippen molar-refractivity contribution < 1.29 is 18.0 Å². The van der Waals surface area contributed by atoms with Crippen molar-refractivity contribution in [2.45, 2.75) is 6.18 Å². The number of anilines is 1. The highest BCUT2D eigenvalue weighted by molar-refractivity contribution is 6.31. The van der Waals surface area contributed by atoms with Gasteiger partial charge in [-0.1, -0.05) is 41.9 Å². The summed E-state index contributed by atoms with van der Waals surface area (Å²) in [6.07, 6.45) is -4.62. The molecular weight excluding hydrogens is 367 g/mol. The molecule has 1 heterocycles. The van der Waals surface area contributed by atoms with Gasteiger partial charge in [-0.25, -0.2) is 0 Å². The first-order valence-corrected chi connectivity index (χ1v) is 7.79. The number of halogens is 4. The Morgan fingerprint density at radius 3 is 2.31 bits per heavy atom. The zero-order valence-corrected chi connectivity index (χ0v) is 13.8. The van der Waals surface area contributed by atoms with Crippen LogP contribution in [0.2, 0.25) is 5.02 Å². The Hall–Kier alpha value is -2.93. The number of rotatable bonds is 3. The van der Waals surface area contributed by atoms with Crippen LogP contribution >= 0.6 is 11.6 Å². The van der Waals surface area contributed by atoms with Crippen LogP contribution < -0.4 is 5.32 Å². The first-order chi connectivity index (χ1) is 12.3. The molecule has 1 N–H and O–H groups in total. The molecule has 0 aliphatic heterocycles. The number of alkyl halides is 3. The molecule has 4 nitrogen and oxygen atoms in total. The van der Waals surface area contributed by atoms with Gasteiger partial charge in [0.2, 0.25) is 0 Å². The summed E-state index contributed by atoms with van der Waals surface area (Å²) in [6.45, 7) is 0. The zero-order valence-electron chi connectivity index (χ0n) is 13.1. The van der Waals surface area contributed by atoms with Gasteiger partial charge < -0.3 is 5.32 Å². The highest BCUT2D eigenvalue weighted by Crippen LogP contribution is 2.36. The predicted octanol–water partition coefficient (Wildman–Crippen LogP) is 5.07. The third kappa shape index (κ3) is 4.00. The Kier molecular flexibility index (Phi) is 4.90. The van der Waals surface area contributed by atoms with Crippen molar-refractivity contribution in [2.75, 3.05) is 5.32 Å². The molecule has 0 bridgehead atoms. The first kappa shape index (κ1) is 17.9. The molecule has 132 valence electrons. The molecule has 0 spiro atoms. The number of aromatic nitrogens is 2. The minimum absolute atomic E-state index is 0.0202. The lowest BCUT2D eigenvalue weighted by molar-refractivity contribution is -0.137. The van der Waals surface area contributed by atoms with Gasteiger partial charge in [0.15, 0.2) is 5.69 Å². The monoisotopic (exact) mass is 377 g/mol. The summed E-state index contributed by atoms with van der Waals surface area (Å²) in [5.41, 5.74) is 0.323. The fourth-order valence-corrected chi connectivity index (χ4v) is 2.46. The quantitative estimate of drug-likeness (QED) is 0.693. The number of nitrogens with zero attached hydrogens (tertiary/aromatic N) is 2. The van der Waals surface area contributed by atoms with Gasteiger partial charge in [-0.05, 0) is 30.3 Å². The molecule has 8 heteroatoms. The molecule has 0 atom stereocenters. The lowest BCUT2D eigenvalue weighted by atomic mass is 10.1. The average molecular weight is 378 g/mol. The summed E-state index contributed by atoms with van der Waals surface area (Å²) in [4.78, 5) is 12.2. The second kappa shape index (κ2) is 7.13. The molecule has 0 radical (unpaired) electrons. The summed E-state index contributed by atoms with van der Waals surface area (Å²) in [5.74, 6) is -0.674. The third-order valence-corrected chi connectivity index (χ3v) is 3.83. The minimum atomic E-state index is -4.62. The van der Waals surface area contributed by atoms with E-state index in [1.165, 1.54) is 12.1 Å². The first-order valence-electron chi connectivity index (χ1n) is 7.42. The van der Waals surface area contributed by atoms with Gasteiger partial charge in [0.05, 0.1) is 16.3 Å². The van der Waals surface area contributed by atoms with E-state index in [0.717, 1.165) is 17.7 Å². The molecule has 0 aliphatic carbocycles. The van der Waals surface area contributed by atoms with Gasteiger partial charge in [-0.15, -0.1) is 10.2 Å². The molecule has 1 aromatic heterocycles. The largest absolute Gasteiger partial charge is 0.417 e. The fourth-order valence-electron chi connectivity index (χ4n) is 2.23. The third-order valence-electron chi connectivity index (χ3n) is 3.50. The summed E-state index contributed by atoms with van der Waals surface area (Å²) >= 11 is 5.55. The number of carbonyl (C=O) groups is 1. The standard InChI is InChI=1S/C18H11ClF3N3O/c19-14-7-6-12(10-13(14)18(20,21)22)23-17(26)16-9-8-15(24-25-16)11-4-2-1-3-5-11/h1-10H,(H,23,26). The smallest absolute Gasteiger partial charge is 0.321 e. The summed E-state index contributed by atoms with van der Waals surface area (Å²) in [7, 11) is 0. The Labute approximate surface area is 151 Å². The maximum absolute atomic E-state index is 12.9. The molecule has 3 aromatic rings. The van der Waals surface area contributed by atoms with Crippen LogP contribution in [0.3, 0.4) is 0 Å². The van der Waals surface area contributed by atoms with E-state index in [-0.39, 0.29) is 11.4 Å². The van der Waals surface area contributed by atoms with Crippen LogP contribution in [0.1, 0.15) is 16.1 Å². The van der Waals surface area contributed by atoms with Gasteiger partial charge in [0, 0.05) is 11.3 Å². The summed E-state index contributed by atoms with van der Waals surface area (Å²) in [5, 5.41) is 9.72. The minimum Gasteiger partial charge on any atom is -0.321 e. The molecule has 0 unspecified atom stereocenters. The van der Waals surface area contributed by atoms with Crippen molar-refractivity contribution in [3.63, 3.8) is 0 Å². The van der Waals surface area contributed by atoms with Crippen molar-refractivity contribution in [1.29, 1.82) is 0 Å². The van der Waals surface area contributed by atoms with Crippen LogP contribution in [0, 0.1) is 0 Å². The molecule has 0 aliphatic rings. The van der Waals surface area contributed by atoms with E-state index in [4.69, 9.17) is 11.6 Å². The van der Waals surface area contributed by atoms with Gasteiger partial charge in [0.1, 0.15) is 0 Å². The van der Waals surface area contributed by atoms with Crippen molar-refractivity contribution in [3.05, 3.63) is 76.9 Å². The predicted molar refractivity (Wildman–Crippen MR) is 91.9 cm³/mol. The van der Waals surface area contributed by atoms with Crippen molar-refractivity contribution in [2.24, 2.45) is 0 Å². The van der Waals surface area contributed by atoms with Gasteiger partial charge >= 0.3 is 6.18 Å². The Bertz CT molecular complexity index is 929. The van der Waals surface area contributed by atoms with E-state index in [1.807, 2.05) is 30.3 Å². The molecule has 1 amide bonds. The lowest BCUT2D eigenvalue weighted by Gasteiger charge is -2.11. The van der Waals surface area contributed by atoms with E-state index in [1.54, 1.807) is 6.07 Å². The molecule has 0 fully saturated rings. The van der Waals surface area contributed by atoms with E-state index < -0.39 is 22.7 Å². The SMILES string of the molecule is O=C(Nc1ccc(Cl)c(C(F)(F)F)c1)c1ccc(-c2ccccc2)nn1. The Morgan fingerprint density at radius 2 is 1.69 bits per heavy atom. The van der Waals surface area contributed by atoms with Gasteiger partial charge in [0.25, 0.3) is 5.91 Å². The maximum atomic E-state index is 12.9. The van der Waals surface area contributed by atoms with Gasteiger partial charge in [-0.2, -0.15) is 13.2 Å². The van der Waals surface area contributed by atoms with Crippen molar-refractivity contribution in [3.8, 4) is 11.3 Å². The molecule has 26 heavy (non-hydrogen) atoms. The van der Waals surface area contributed by atoms with Crippen LogP contribution in [0.5, 0.6) is 0 Å². The normalized spacial score (nSPS) is 11.2. The van der Waals surface area contributed by atoms with Crippen LogP contribution in [0.4, 0.5) is 18.9 Å². The molecule has 0 saturated carbocycles. The second-order valence-corrected chi connectivity index (χ2v) is 5.72. The van der Waals surface area contributed by atoms with Crippen LogP contribution in [0.15, 0.2) is 60.7 Å². The van der Waals surface area contributed by atoms with E-state index >= 15 is 0 Å². The number of hydrogen-bond acceptors (Lipinski definition) is 3. The average Bonchev–Trinajstić information content (AvgIpc) is 2.63. The molecule has 2 aromatic carbocycles. The number of nitrogens with one attached hydrogen (secondary N) is 1. The Balaban J connectivity index is 1.78. The topological polar surface area (TPSA) is 54.9 Å². The summed E-state index contributed by atoms with van der Waals surface area (Å²) in [6, 6.07) is 15.4. The lowest BCUT2D eigenvalue weighted by Crippen LogP contribution is -2.15. The van der Waals surface area contributed by atoms with Gasteiger partial charge in [-0.3, -0.25) is 4.79 Å². The van der Waals surface area contributed by atoms with E-state index in [0.29, 0.717) is 5.69 Å². The molecular formula is C18H11ClF3N3O. The fraction of sp³-hybridized carbons (Fsp3) is 0.0556. The van der Waals surface area contributed by atoms with Crippen LogP contribution in [-0.2, 0) is 6.18 Å². The Morgan fingerprint density at radius 1 is 0.962 bits per heavy atom. The highest BCUT2D eigenvalue weighted by atomic mass is 35.5. The molecule has 0 saturated heterocycles. The second-order valence-electron chi connectivity index (χ2n) is 5.32. The van der Waals surface area contributed by atoms with Crippen molar-refractivity contribution in [1.82, 2.24) is 10.2 Å². The number of hydrogen-bond donors (Lipinski definition) is 1. The van der Waals surface area contributed by atoms with E-state index in [2.05, 4.69) is 15.5 Å². The maximum Gasteiger partial charge on any atom is 0.417 e. The molecule has 3 rings (SSSR count). The number of carbonyl (C=O) groups excluding carboxylic acids is 1. The van der Waals surface area contributed by atoms with E-state index in [9.17, 15) is 18.0 Å². The van der Waals surface area contributed by atoms with Crippen LogP contribution in [0.25, 0.3) is 11.3 Å². The zero-order chi connectivity index (χ0) is 18.7. The number of amides is 1.